The summed E-state index contributed by atoms with van der Waals surface area (Å²) in [6.07, 6.45) is 8.05. The summed E-state index contributed by atoms with van der Waals surface area (Å²) in [6.45, 7) is 1.88. The maximum Gasteiger partial charge on any atom is 0.349 e. The Morgan fingerprint density at radius 2 is 1.84 bits per heavy atom. The predicted octanol–water partition coefficient (Wildman–Crippen LogP) is 4.83. The van der Waals surface area contributed by atoms with Gasteiger partial charge in [-0.2, -0.15) is 0 Å². The predicted molar refractivity (Wildman–Crippen MR) is 77.9 cm³/mol. The van der Waals surface area contributed by atoms with E-state index in [1.807, 2.05) is 6.92 Å². The van der Waals surface area contributed by atoms with E-state index in [1.165, 1.54) is 43.7 Å². The average molecular weight is 279 g/mol. The van der Waals surface area contributed by atoms with Gasteiger partial charge in [-0.25, -0.2) is 4.79 Å². The van der Waals surface area contributed by atoms with Gasteiger partial charge in [-0.05, 0) is 42.4 Å². The van der Waals surface area contributed by atoms with Gasteiger partial charge in [0.15, 0.2) is 0 Å². The minimum absolute atomic E-state index is 0.532. The summed E-state index contributed by atoms with van der Waals surface area (Å²) >= 11 is 5.02. The van der Waals surface area contributed by atoms with Crippen molar-refractivity contribution in [1.29, 1.82) is 0 Å². The van der Waals surface area contributed by atoms with Gasteiger partial charge in [-0.3, -0.25) is 0 Å². The van der Waals surface area contributed by atoms with Crippen molar-refractivity contribution in [2.75, 3.05) is 0 Å². The van der Waals surface area contributed by atoms with Crippen molar-refractivity contribution >= 4 is 23.4 Å². The van der Waals surface area contributed by atoms with Crippen molar-refractivity contribution in [2.45, 2.75) is 44.9 Å². The van der Waals surface area contributed by atoms with Gasteiger partial charge >= 0.3 is 5.97 Å². The SMILES string of the molecule is C/C(=C\C(=O)OCl)c1ccc(C2CCCCC2)cc1. The van der Waals surface area contributed by atoms with Crippen LogP contribution in [0.1, 0.15) is 56.1 Å². The van der Waals surface area contributed by atoms with E-state index in [9.17, 15) is 4.79 Å². The molecule has 0 N–H and O–H groups in total. The number of carbonyl (C=O) groups excluding carboxylic acids is 1. The fourth-order valence-electron chi connectivity index (χ4n) is 2.74. The highest BCUT2D eigenvalue weighted by atomic mass is 35.5. The quantitative estimate of drug-likeness (QED) is 0.740. The third-order valence-electron chi connectivity index (χ3n) is 3.85. The molecule has 1 saturated carbocycles. The minimum atomic E-state index is -0.532. The molecule has 0 atom stereocenters. The molecular weight excluding hydrogens is 260 g/mol. The molecule has 0 bridgehead atoms. The van der Waals surface area contributed by atoms with Crippen LogP contribution in [0.15, 0.2) is 30.3 Å². The summed E-state index contributed by atoms with van der Waals surface area (Å²) in [6, 6.07) is 8.48. The van der Waals surface area contributed by atoms with Gasteiger partial charge in [0.2, 0.25) is 0 Å². The van der Waals surface area contributed by atoms with Crippen LogP contribution in [0.3, 0.4) is 0 Å². The molecule has 1 aromatic rings. The molecule has 19 heavy (non-hydrogen) atoms. The van der Waals surface area contributed by atoms with E-state index >= 15 is 0 Å². The smallest absolute Gasteiger partial charge is 0.344 e. The van der Waals surface area contributed by atoms with Crippen molar-refractivity contribution < 1.29 is 9.08 Å². The average Bonchev–Trinajstić information content (AvgIpc) is 2.48. The third-order valence-corrected chi connectivity index (χ3v) is 4.01. The Morgan fingerprint density at radius 1 is 1.21 bits per heavy atom. The lowest BCUT2D eigenvalue weighted by molar-refractivity contribution is -0.128. The molecule has 0 aliphatic heterocycles. The van der Waals surface area contributed by atoms with Crippen molar-refractivity contribution in [1.82, 2.24) is 0 Å². The first-order valence-corrected chi connectivity index (χ1v) is 7.13. The van der Waals surface area contributed by atoms with Crippen molar-refractivity contribution in [2.24, 2.45) is 0 Å². The summed E-state index contributed by atoms with van der Waals surface area (Å²) < 4.78 is 4.12. The van der Waals surface area contributed by atoms with Gasteiger partial charge in [0.1, 0.15) is 11.9 Å². The van der Waals surface area contributed by atoms with Gasteiger partial charge in [-0.1, -0.05) is 43.5 Å². The Hall–Kier alpha value is -1.28. The molecule has 0 aromatic heterocycles. The van der Waals surface area contributed by atoms with Crippen LogP contribution in [-0.2, 0) is 9.08 Å². The van der Waals surface area contributed by atoms with Crippen LogP contribution in [0.2, 0.25) is 0 Å². The zero-order valence-electron chi connectivity index (χ0n) is 11.2. The van der Waals surface area contributed by atoms with E-state index in [-0.39, 0.29) is 0 Å². The van der Waals surface area contributed by atoms with Crippen LogP contribution < -0.4 is 0 Å². The molecule has 2 rings (SSSR count). The lowest BCUT2D eigenvalue weighted by Gasteiger charge is -2.22. The lowest BCUT2D eigenvalue weighted by Crippen LogP contribution is -2.04. The summed E-state index contributed by atoms with van der Waals surface area (Å²) in [5.41, 5.74) is 3.30. The molecule has 0 heterocycles. The van der Waals surface area contributed by atoms with Gasteiger partial charge in [0.05, 0.1) is 0 Å². The Bertz CT molecular complexity index is 456. The molecule has 0 saturated heterocycles. The monoisotopic (exact) mass is 278 g/mol. The Morgan fingerprint density at radius 3 is 2.42 bits per heavy atom. The Balaban J connectivity index is 2.09. The van der Waals surface area contributed by atoms with Crippen molar-refractivity contribution in [3.05, 3.63) is 41.5 Å². The maximum atomic E-state index is 11.1. The number of rotatable bonds is 3. The molecule has 0 spiro atoms. The van der Waals surface area contributed by atoms with Crippen LogP contribution in [-0.4, -0.2) is 5.97 Å². The zero-order valence-corrected chi connectivity index (χ0v) is 12.0. The van der Waals surface area contributed by atoms with Crippen LogP contribution >= 0.6 is 11.9 Å². The van der Waals surface area contributed by atoms with Crippen LogP contribution in [0, 0.1) is 0 Å². The second kappa shape index (κ2) is 6.76. The molecule has 1 fully saturated rings. The number of hydrogen-bond donors (Lipinski definition) is 0. The first kappa shape index (κ1) is 14.1. The van der Waals surface area contributed by atoms with E-state index < -0.39 is 5.97 Å². The molecule has 0 radical (unpaired) electrons. The van der Waals surface area contributed by atoms with Crippen LogP contribution in [0.5, 0.6) is 0 Å². The molecule has 102 valence electrons. The van der Waals surface area contributed by atoms with Gasteiger partial charge < -0.3 is 4.29 Å². The van der Waals surface area contributed by atoms with E-state index in [4.69, 9.17) is 11.9 Å². The van der Waals surface area contributed by atoms with Crippen LogP contribution in [0.25, 0.3) is 5.57 Å². The molecule has 3 heteroatoms. The number of benzene rings is 1. The highest BCUT2D eigenvalue weighted by Gasteiger charge is 2.15. The Kier molecular flexibility index (Phi) is 5.03. The molecule has 0 amide bonds. The number of halogens is 1. The minimum Gasteiger partial charge on any atom is -0.344 e. The second-order valence-corrected chi connectivity index (χ2v) is 5.33. The van der Waals surface area contributed by atoms with Crippen molar-refractivity contribution in [3.63, 3.8) is 0 Å². The molecule has 1 aliphatic rings. The zero-order chi connectivity index (χ0) is 13.7. The summed E-state index contributed by atoms with van der Waals surface area (Å²) in [5, 5.41) is 0. The van der Waals surface area contributed by atoms with Gasteiger partial charge in [0, 0.05) is 6.08 Å². The van der Waals surface area contributed by atoms with Gasteiger partial charge in [0.25, 0.3) is 0 Å². The number of hydrogen-bond acceptors (Lipinski definition) is 2. The normalized spacial score (nSPS) is 17.3. The highest BCUT2D eigenvalue weighted by molar-refractivity contribution is 6.15. The molecule has 1 aromatic carbocycles. The van der Waals surface area contributed by atoms with E-state index in [1.54, 1.807) is 0 Å². The van der Waals surface area contributed by atoms with E-state index in [0.717, 1.165) is 11.1 Å². The van der Waals surface area contributed by atoms with Gasteiger partial charge in [-0.15, -0.1) is 0 Å². The summed E-state index contributed by atoms with van der Waals surface area (Å²) in [5.74, 6) is 0.176. The topological polar surface area (TPSA) is 26.3 Å². The first-order valence-electron chi connectivity index (χ1n) is 6.82. The van der Waals surface area contributed by atoms with E-state index in [2.05, 4.69) is 28.6 Å². The van der Waals surface area contributed by atoms with Crippen molar-refractivity contribution in [3.8, 4) is 0 Å². The molecular formula is C16H19ClO2. The number of allylic oxidation sites excluding steroid dienone is 1. The maximum absolute atomic E-state index is 11.1. The summed E-state index contributed by atoms with van der Waals surface area (Å²) in [7, 11) is 0. The highest BCUT2D eigenvalue weighted by Crippen LogP contribution is 2.33. The lowest BCUT2D eigenvalue weighted by atomic mass is 9.84. The van der Waals surface area contributed by atoms with E-state index in [0.29, 0.717) is 5.92 Å². The molecule has 0 unspecified atom stereocenters. The summed E-state index contributed by atoms with van der Waals surface area (Å²) in [4.78, 5) is 11.1. The largest absolute Gasteiger partial charge is 0.349 e. The second-order valence-electron chi connectivity index (χ2n) is 5.18. The third kappa shape index (κ3) is 3.84. The molecule has 1 aliphatic carbocycles. The van der Waals surface area contributed by atoms with Crippen LogP contribution in [0.4, 0.5) is 0 Å². The number of carbonyl (C=O) groups is 1. The molecule has 2 nitrogen and oxygen atoms in total. The Labute approximate surface area is 119 Å². The standard InChI is InChI=1S/C16H19ClO2/c1-12(11-16(18)19-17)13-7-9-15(10-8-13)14-5-3-2-4-6-14/h7-11,14H,2-6H2,1H3/b12-11+. The fraction of sp³-hybridized carbons (Fsp3) is 0.438. The fourth-order valence-corrected chi connectivity index (χ4v) is 2.78. The first-order chi connectivity index (χ1) is 9.20.